The van der Waals surface area contributed by atoms with Gasteiger partial charge in [-0.3, -0.25) is 0 Å². The van der Waals surface area contributed by atoms with Crippen LogP contribution in [-0.2, 0) is 6.54 Å². The normalized spacial score (nSPS) is 12.6. The van der Waals surface area contributed by atoms with Gasteiger partial charge in [-0.15, -0.1) is 0 Å². The first-order chi connectivity index (χ1) is 8.16. The van der Waals surface area contributed by atoms with Crippen molar-refractivity contribution in [2.24, 2.45) is 0 Å². The van der Waals surface area contributed by atoms with Crippen LogP contribution in [0.1, 0.15) is 24.3 Å². The highest BCUT2D eigenvalue weighted by molar-refractivity contribution is 9.10. The lowest BCUT2D eigenvalue weighted by atomic mass is 10.1. The number of halogens is 2. The van der Waals surface area contributed by atoms with Crippen molar-refractivity contribution in [2.75, 3.05) is 0 Å². The lowest BCUT2D eigenvalue weighted by Crippen LogP contribution is -2.18. The Balaban J connectivity index is 1.98. The molecule has 2 nitrogen and oxygen atoms in total. The fourth-order valence-corrected chi connectivity index (χ4v) is 1.93. The molecule has 0 saturated heterocycles. The number of nitrogens with one attached hydrogen (secondary N) is 1. The molecule has 1 atom stereocenters. The Morgan fingerprint density at radius 1 is 1.41 bits per heavy atom. The van der Waals surface area contributed by atoms with Gasteiger partial charge in [0.25, 0.3) is 0 Å². The largest absolute Gasteiger partial charge is 0.467 e. The Morgan fingerprint density at radius 2 is 2.24 bits per heavy atom. The van der Waals surface area contributed by atoms with Crippen LogP contribution in [0.25, 0.3) is 0 Å². The molecule has 0 aliphatic carbocycles. The number of benzene rings is 1. The summed E-state index contributed by atoms with van der Waals surface area (Å²) in [6.45, 7) is 2.59. The van der Waals surface area contributed by atoms with E-state index in [0.717, 1.165) is 15.8 Å². The zero-order valence-corrected chi connectivity index (χ0v) is 11.0. The van der Waals surface area contributed by atoms with Gasteiger partial charge < -0.3 is 9.73 Å². The first-order valence-corrected chi connectivity index (χ1v) is 6.17. The van der Waals surface area contributed by atoms with Gasteiger partial charge in [-0.2, -0.15) is 0 Å². The Kier molecular flexibility index (Phi) is 3.97. The molecular weight excluding hydrogens is 285 g/mol. The zero-order valence-electron chi connectivity index (χ0n) is 9.41. The van der Waals surface area contributed by atoms with Crippen molar-refractivity contribution < 1.29 is 8.81 Å². The van der Waals surface area contributed by atoms with Gasteiger partial charge in [0.1, 0.15) is 11.6 Å². The lowest BCUT2D eigenvalue weighted by Gasteiger charge is -2.13. The third-order valence-corrected chi connectivity index (χ3v) is 3.32. The number of furan rings is 1. The average molecular weight is 298 g/mol. The van der Waals surface area contributed by atoms with E-state index < -0.39 is 0 Å². The smallest absolute Gasteiger partial charge is 0.131 e. The van der Waals surface area contributed by atoms with Gasteiger partial charge in [-0.05, 0) is 46.6 Å². The minimum Gasteiger partial charge on any atom is -0.467 e. The quantitative estimate of drug-likeness (QED) is 0.922. The maximum absolute atomic E-state index is 13.1. The predicted octanol–water partition coefficient (Wildman–Crippen LogP) is 4.03. The average Bonchev–Trinajstić information content (AvgIpc) is 2.72. The predicted molar refractivity (Wildman–Crippen MR) is 68.1 cm³/mol. The van der Waals surface area contributed by atoms with E-state index in [-0.39, 0.29) is 11.9 Å². The first kappa shape index (κ1) is 12.3. The van der Waals surface area contributed by atoms with Crippen LogP contribution in [0.2, 0.25) is 0 Å². The molecule has 0 aliphatic heterocycles. The molecule has 0 radical (unpaired) electrons. The molecule has 90 valence electrons. The van der Waals surface area contributed by atoms with Crippen molar-refractivity contribution >= 4 is 15.9 Å². The Bertz CT molecular complexity index is 498. The number of rotatable bonds is 4. The molecule has 17 heavy (non-hydrogen) atoms. The second-order valence-electron chi connectivity index (χ2n) is 3.85. The second kappa shape index (κ2) is 5.47. The summed E-state index contributed by atoms with van der Waals surface area (Å²) in [4.78, 5) is 0. The number of hydrogen-bond acceptors (Lipinski definition) is 2. The van der Waals surface area contributed by atoms with Crippen LogP contribution in [0, 0.1) is 5.82 Å². The lowest BCUT2D eigenvalue weighted by molar-refractivity contribution is 0.458. The summed E-state index contributed by atoms with van der Waals surface area (Å²) in [6, 6.07) is 8.52. The molecule has 0 unspecified atom stereocenters. The summed E-state index contributed by atoms with van der Waals surface area (Å²) in [7, 11) is 0. The molecule has 0 bridgehead atoms. The topological polar surface area (TPSA) is 25.2 Å². The summed E-state index contributed by atoms with van der Waals surface area (Å²) >= 11 is 3.39. The van der Waals surface area contributed by atoms with Gasteiger partial charge in [-0.1, -0.05) is 12.1 Å². The Morgan fingerprint density at radius 3 is 2.88 bits per heavy atom. The molecule has 1 aromatic carbocycles. The van der Waals surface area contributed by atoms with E-state index in [0.29, 0.717) is 6.54 Å². The molecule has 2 aromatic rings. The highest BCUT2D eigenvalue weighted by atomic mass is 79.9. The van der Waals surface area contributed by atoms with Crippen LogP contribution in [0.4, 0.5) is 4.39 Å². The van der Waals surface area contributed by atoms with Crippen molar-refractivity contribution in [3.05, 3.63) is 58.2 Å². The van der Waals surface area contributed by atoms with Crippen LogP contribution in [0.5, 0.6) is 0 Å². The van der Waals surface area contributed by atoms with E-state index in [1.165, 1.54) is 12.1 Å². The molecule has 0 spiro atoms. The summed E-state index contributed by atoms with van der Waals surface area (Å²) in [5.74, 6) is 0.628. The minimum absolute atomic E-state index is 0.0719. The third-order valence-electron chi connectivity index (χ3n) is 2.61. The molecule has 0 saturated carbocycles. The molecular formula is C13H13BrFNO. The van der Waals surface area contributed by atoms with E-state index in [2.05, 4.69) is 21.2 Å². The van der Waals surface area contributed by atoms with E-state index in [1.54, 1.807) is 12.3 Å². The van der Waals surface area contributed by atoms with E-state index in [1.807, 2.05) is 19.1 Å². The van der Waals surface area contributed by atoms with Crippen LogP contribution in [0.3, 0.4) is 0 Å². The third kappa shape index (κ3) is 3.17. The van der Waals surface area contributed by atoms with Gasteiger partial charge in [0.2, 0.25) is 0 Å². The monoisotopic (exact) mass is 297 g/mol. The maximum atomic E-state index is 13.1. The summed E-state index contributed by atoms with van der Waals surface area (Å²) in [5, 5.41) is 3.28. The van der Waals surface area contributed by atoms with Crippen LogP contribution >= 0.6 is 15.9 Å². The van der Waals surface area contributed by atoms with Gasteiger partial charge in [-0.25, -0.2) is 4.39 Å². The van der Waals surface area contributed by atoms with Crippen LogP contribution < -0.4 is 5.32 Å². The van der Waals surface area contributed by atoms with Gasteiger partial charge >= 0.3 is 0 Å². The Hall–Kier alpha value is -1.13. The van der Waals surface area contributed by atoms with Crippen molar-refractivity contribution in [2.45, 2.75) is 19.5 Å². The van der Waals surface area contributed by atoms with Crippen molar-refractivity contribution in [1.29, 1.82) is 0 Å². The standard InChI is InChI=1S/C13H13BrFNO/c1-9(10-3-2-4-11(15)7-10)16-8-13-12(14)5-6-17-13/h2-7,9,16H,8H2,1H3/t9-/m0/s1. The fraction of sp³-hybridized carbons (Fsp3) is 0.231. The van der Waals surface area contributed by atoms with E-state index in [4.69, 9.17) is 4.42 Å². The van der Waals surface area contributed by atoms with E-state index in [9.17, 15) is 4.39 Å². The molecule has 1 N–H and O–H groups in total. The maximum Gasteiger partial charge on any atom is 0.131 e. The molecule has 2 rings (SSSR count). The fourth-order valence-electron chi connectivity index (χ4n) is 1.59. The minimum atomic E-state index is -0.213. The highest BCUT2D eigenvalue weighted by Crippen LogP contribution is 2.19. The highest BCUT2D eigenvalue weighted by Gasteiger charge is 2.08. The summed E-state index contributed by atoms with van der Waals surface area (Å²) < 4.78 is 19.3. The molecule has 1 aromatic heterocycles. The van der Waals surface area contributed by atoms with Gasteiger partial charge in [0.15, 0.2) is 0 Å². The van der Waals surface area contributed by atoms with Gasteiger partial charge in [0, 0.05) is 6.04 Å². The van der Waals surface area contributed by atoms with E-state index >= 15 is 0 Å². The number of hydrogen-bond donors (Lipinski definition) is 1. The van der Waals surface area contributed by atoms with Gasteiger partial charge in [0.05, 0.1) is 17.3 Å². The molecule has 4 heteroatoms. The SMILES string of the molecule is C[C@H](NCc1occc1Br)c1cccc(F)c1. The molecule has 0 amide bonds. The van der Waals surface area contributed by atoms with Crippen LogP contribution in [0.15, 0.2) is 45.5 Å². The zero-order chi connectivity index (χ0) is 12.3. The molecule has 0 fully saturated rings. The first-order valence-electron chi connectivity index (χ1n) is 5.37. The Labute approximate surface area is 108 Å². The van der Waals surface area contributed by atoms with Crippen molar-refractivity contribution in [3.8, 4) is 0 Å². The molecule has 0 aliphatic rings. The summed E-state index contributed by atoms with van der Waals surface area (Å²) in [5.41, 5.74) is 0.924. The van der Waals surface area contributed by atoms with Crippen molar-refractivity contribution in [1.82, 2.24) is 5.32 Å². The van der Waals surface area contributed by atoms with Crippen LogP contribution in [-0.4, -0.2) is 0 Å². The van der Waals surface area contributed by atoms with Crippen molar-refractivity contribution in [3.63, 3.8) is 0 Å². The molecule has 1 heterocycles. The summed E-state index contributed by atoms with van der Waals surface area (Å²) in [6.07, 6.45) is 1.63. The second-order valence-corrected chi connectivity index (χ2v) is 4.70.